The number of benzene rings is 2. The van der Waals surface area contributed by atoms with Crippen LogP contribution in [-0.2, 0) is 23.1 Å². The Morgan fingerprint density at radius 2 is 1.76 bits per heavy atom. The number of alkyl halides is 1. The number of hydrogen-bond acceptors (Lipinski definition) is 1. The summed E-state index contributed by atoms with van der Waals surface area (Å²) in [6.07, 6.45) is 0.287. The first kappa shape index (κ1) is 16.3. The molecule has 0 spiro atoms. The van der Waals surface area contributed by atoms with E-state index in [2.05, 4.69) is 27.3 Å². The van der Waals surface area contributed by atoms with E-state index in [1.54, 1.807) is 18.2 Å². The molecule has 0 unspecified atom stereocenters. The van der Waals surface area contributed by atoms with E-state index < -0.39 is 0 Å². The molecule has 0 bridgehead atoms. The van der Waals surface area contributed by atoms with Crippen LogP contribution in [0.3, 0.4) is 0 Å². The average Bonchev–Trinajstić information content (AvgIpc) is 2.49. The molecule has 0 saturated carbocycles. The van der Waals surface area contributed by atoms with Crippen LogP contribution in [0.2, 0.25) is 10.0 Å². The fourth-order valence-corrected chi connectivity index (χ4v) is 2.59. The number of amides is 1. The quantitative estimate of drug-likeness (QED) is 0.738. The predicted octanol–water partition coefficient (Wildman–Crippen LogP) is 4.75. The normalized spacial score (nSPS) is 10.4. The maximum atomic E-state index is 11.9. The first-order valence-electron chi connectivity index (χ1n) is 6.43. The second-order valence-corrected chi connectivity index (χ2v) is 6.03. The molecule has 0 saturated heterocycles. The molecule has 1 N–H and O–H groups in total. The van der Waals surface area contributed by atoms with Crippen molar-refractivity contribution >= 4 is 45.0 Å². The van der Waals surface area contributed by atoms with Crippen LogP contribution in [0.25, 0.3) is 0 Å². The van der Waals surface area contributed by atoms with Crippen LogP contribution in [0.4, 0.5) is 0 Å². The number of carbonyl (C=O) groups excluding carboxylic acids is 1. The number of halogens is 3. The highest BCUT2D eigenvalue weighted by Gasteiger charge is 2.06. The molecular weight excluding hydrogens is 373 g/mol. The Labute approximate surface area is 142 Å². The van der Waals surface area contributed by atoms with E-state index in [0.29, 0.717) is 16.6 Å². The predicted molar refractivity (Wildman–Crippen MR) is 91.1 cm³/mol. The highest BCUT2D eigenvalue weighted by Crippen LogP contribution is 2.22. The minimum atomic E-state index is -0.0439. The van der Waals surface area contributed by atoms with Crippen molar-refractivity contribution in [2.45, 2.75) is 18.3 Å². The summed E-state index contributed by atoms with van der Waals surface area (Å²) >= 11 is 15.2. The summed E-state index contributed by atoms with van der Waals surface area (Å²) in [7, 11) is 0. The molecule has 0 aliphatic heterocycles. The van der Waals surface area contributed by atoms with Crippen LogP contribution in [0.5, 0.6) is 0 Å². The van der Waals surface area contributed by atoms with Gasteiger partial charge in [0.25, 0.3) is 0 Å². The highest BCUT2D eigenvalue weighted by molar-refractivity contribution is 9.08. The number of nitrogens with one attached hydrogen (secondary N) is 1. The molecule has 2 nitrogen and oxygen atoms in total. The van der Waals surface area contributed by atoms with Gasteiger partial charge in [0.2, 0.25) is 5.91 Å². The highest BCUT2D eigenvalue weighted by atomic mass is 79.9. The minimum Gasteiger partial charge on any atom is -0.352 e. The molecule has 5 heteroatoms. The second-order valence-electron chi connectivity index (χ2n) is 4.66. The molecule has 0 atom stereocenters. The van der Waals surface area contributed by atoms with Gasteiger partial charge in [-0.05, 0) is 28.8 Å². The summed E-state index contributed by atoms with van der Waals surface area (Å²) in [4.78, 5) is 11.9. The lowest BCUT2D eigenvalue weighted by Crippen LogP contribution is -2.24. The summed E-state index contributed by atoms with van der Waals surface area (Å²) < 4.78 is 0. The largest absolute Gasteiger partial charge is 0.352 e. The molecule has 1 amide bonds. The van der Waals surface area contributed by atoms with E-state index in [0.717, 1.165) is 16.5 Å². The van der Waals surface area contributed by atoms with Gasteiger partial charge in [0, 0.05) is 11.9 Å². The molecule has 21 heavy (non-hydrogen) atoms. The Morgan fingerprint density at radius 3 is 2.48 bits per heavy atom. The maximum Gasteiger partial charge on any atom is 0.224 e. The maximum absolute atomic E-state index is 11.9. The fourth-order valence-electron chi connectivity index (χ4n) is 1.92. The summed E-state index contributed by atoms with van der Waals surface area (Å²) in [5.41, 5.74) is 3.11. The molecule has 2 rings (SSSR count). The molecule has 0 aliphatic carbocycles. The third kappa shape index (κ3) is 5.03. The van der Waals surface area contributed by atoms with Crippen LogP contribution >= 0.6 is 39.1 Å². The average molecular weight is 387 g/mol. The van der Waals surface area contributed by atoms with Crippen molar-refractivity contribution < 1.29 is 4.79 Å². The van der Waals surface area contributed by atoms with Gasteiger partial charge in [0.15, 0.2) is 0 Å². The smallest absolute Gasteiger partial charge is 0.224 e. The van der Waals surface area contributed by atoms with Crippen molar-refractivity contribution in [2.75, 3.05) is 0 Å². The van der Waals surface area contributed by atoms with E-state index in [-0.39, 0.29) is 12.3 Å². The van der Waals surface area contributed by atoms with E-state index in [1.807, 2.05) is 18.2 Å². The van der Waals surface area contributed by atoms with Gasteiger partial charge in [-0.1, -0.05) is 69.5 Å². The van der Waals surface area contributed by atoms with Crippen molar-refractivity contribution in [1.29, 1.82) is 0 Å². The molecule has 2 aromatic rings. The van der Waals surface area contributed by atoms with Crippen molar-refractivity contribution in [3.63, 3.8) is 0 Å². The Morgan fingerprint density at radius 1 is 1.00 bits per heavy atom. The standard InChI is InChI=1S/C16H14BrCl2NO/c17-9-12-2-1-3-13(6-12)10-20-16(21)8-11-4-5-14(18)15(19)7-11/h1-7H,8-10H2,(H,20,21). The molecule has 0 aromatic heterocycles. The lowest BCUT2D eigenvalue weighted by molar-refractivity contribution is -0.120. The summed E-state index contributed by atoms with van der Waals surface area (Å²) in [6, 6.07) is 13.3. The van der Waals surface area contributed by atoms with Gasteiger partial charge in [0.1, 0.15) is 0 Å². The monoisotopic (exact) mass is 385 g/mol. The van der Waals surface area contributed by atoms with Gasteiger partial charge in [-0.3, -0.25) is 4.79 Å². The molecule has 2 aromatic carbocycles. The van der Waals surface area contributed by atoms with E-state index in [4.69, 9.17) is 23.2 Å². The van der Waals surface area contributed by atoms with E-state index >= 15 is 0 Å². The third-order valence-corrected chi connectivity index (χ3v) is 4.37. The Balaban J connectivity index is 1.91. The fraction of sp³-hybridized carbons (Fsp3) is 0.188. The van der Waals surface area contributed by atoms with Gasteiger partial charge in [-0.15, -0.1) is 0 Å². The molecule has 0 aliphatic rings. The third-order valence-electron chi connectivity index (χ3n) is 2.98. The topological polar surface area (TPSA) is 29.1 Å². The van der Waals surface area contributed by atoms with Gasteiger partial charge in [-0.25, -0.2) is 0 Å². The van der Waals surface area contributed by atoms with Crippen molar-refractivity contribution in [3.05, 3.63) is 69.2 Å². The molecule has 0 fully saturated rings. The lowest BCUT2D eigenvalue weighted by atomic mass is 10.1. The van der Waals surface area contributed by atoms with Gasteiger partial charge < -0.3 is 5.32 Å². The Bertz CT molecular complexity index is 646. The SMILES string of the molecule is O=C(Cc1ccc(Cl)c(Cl)c1)NCc1cccc(CBr)c1. The summed E-state index contributed by atoms with van der Waals surface area (Å²) in [6.45, 7) is 0.515. The van der Waals surface area contributed by atoms with Gasteiger partial charge in [-0.2, -0.15) is 0 Å². The number of carbonyl (C=O) groups is 1. The number of rotatable bonds is 5. The lowest BCUT2D eigenvalue weighted by Gasteiger charge is -2.07. The zero-order chi connectivity index (χ0) is 15.2. The van der Waals surface area contributed by atoms with Crippen LogP contribution < -0.4 is 5.32 Å². The first-order chi connectivity index (χ1) is 10.1. The summed E-state index contributed by atoms with van der Waals surface area (Å²) in [5, 5.41) is 4.66. The van der Waals surface area contributed by atoms with Crippen molar-refractivity contribution in [3.8, 4) is 0 Å². The molecule has 0 heterocycles. The van der Waals surface area contributed by atoms with Crippen LogP contribution in [-0.4, -0.2) is 5.91 Å². The van der Waals surface area contributed by atoms with E-state index in [9.17, 15) is 4.79 Å². The zero-order valence-electron chi connectivity index (χ0n) is 11.2. The first-order valence-corrected chi connectivity index (χ1v) is 8.30. The van der Waals surface area contributed by atoms with Gasteiger partial charge in [0.05, 0.1) is 16.5 Å². The van der Waals surface area contributed by atoms with Crippen LogP contribution in [0.1, 0.15) is 16.7 Å². The van der Waals surface area contributed by atoms with E-state index in [1.165, 1.54) is 5.56 Å². The molecular formula is C16H14BrCl2NO. The van der Waals surface area contributed by atoms with Crippen LogP contribution in [0.15, 0.2) is 42.5 Å². The van der Waals surface area contributed by atoms with Gasteiger partial charge >= 0.3 is 0 Å². The van der Waals surface area contributed by atoms with Crippen molar-refractivity contribution in [1.82, 2.24) is 5.32 Å². The Kier molecular flexibility index (Phi) is 6.09. The molecule has 110 valence electrons. The summed E-state index contributed by atoms with van der Waals surface area (Å²) in [5.74, 6) is -0.0439. The van der Waals surface area contributed by atoms with Crippen molar-refractivity contribution in [2.24, 2.45) is 0 Å². The minimum absolute atomic E-state index is 0.0439. The zero-order valence-corrected chi connectivity index (χ0v) is 14.3. The Hall–Kier alpha value is -1.03. The van der Waals surface area contributed by atoms with Crippen LogP contribution in [0, 0.1) is 0 Å². The number of hydrogen-bond donors (Lipinski definition) is 1. The molecule has 0 radical (unpaired) electrons. The second kappa shape index (κ2) is 7.83.